The average molecular weight is 475 g/mol. The van der Waals surface area contributed by atoms with Crippen molar-refractivity contribution in [3.05, 3.63) is 24.7 Å². The number of hydrogen-bond acceptors (Lipinski definition) is 2. The maximum atomic E-state index is 13.2. The van der Waals surface area contributed by atoms with Gasteiger partial charge in [-0.15, -0.1) is 6.58 Å². The van der Waals surface area contributed by atoms with Crippen LogP contribution in [0.15, 0.2) is 24.7 Å². The minimum absolute atomic E-state index is 0.0303. The largest absolute Gasteiger partial charge is 0.606 e. The summed E-state index contributed by atoms with van der Waals surface area (Å²) in [6, 6.07) is 0. The molecule has 0 aliphatic heterocycles. The predicted octanol–water partition coefficient (Wildman–Crippen LogP) is 8.36. The van der Waals surface area contributed by atoms with E-state index < -0.39 is 7.26 Å². The third kappa shape index (κ3) is 6.39. The van der Waals surface area contributed by atoms with Crippen LogP contribution >= 0.6 is 7.26 Å². The van der Waals surface area contributed by atoms with E-state index in [1.807, 2.05) is 6.08 Å². The molecular weight excluding hydrogens is 423 g/mol. The first-order chi connectivity index (χ1) is 16.2. The molecule has 188 valence electrons. The average Bonchev–Trinajstić information content (AvgIpc) is 2.90. The van der Waals surface area contributed by atoms with Gasteiger partial charge in [0.1, 0.15) is 0 Å². The number of rotatable bonds is 9. The summed E-state index contributed by atoms with van der Waals surface area (Å²) in [6.07, 6.45) is 32.8. The molecule has 1 unspecified atom stereocenters. The fourth-order valence-electron chi connectivity index (χ4n) is 8.24. The Bertz CT molecular complexity index is 559. The van der Waals surface area contributed by atoms with E-state index in [1.54, 1.807) is 0 Å². The van der Waals surface area contributed by atoms with Gasteiger partial charge >= 0.3 is 0 Å². The minimum atomic E-state index is -1.24. The molecule has 0 bridgehead atoms. The molecule has 0 aromatic heterocycles. The zero-order valence-electron chi connectivity index (χ0n) is 21.4. The first-order valence-corrected chi connectivity index (χ1v) is 17.0. The molecule has 0 aromatic rings. The lowest BCUT2D eigenvalue weighted by Gasteiger charge is -2.49. The van der Waals surface area contributed by atoms with E-state index in [4.69, 9.17) is 4.74 Å². The molecule has 4 saturated carbocycles. The van der Waals surface area contributed by atoms with Gasteiger partial charge in [-0.25, -0.2) is 0 Å². The third-order valence-electron chi connectivity index (χ3n) is 9.94. The van der Waals surface area contributed by atoms with E-state index in [0.29, 0.717) is 5.92 Å². The minimum Gasteiger partial charge on any atom is -0.606 e. The molecule has 1 atom stereocenters. The van der Waals surface area contributed by atoms with Crippen molar-refractivity contribution in [3.8, 4) is 0 Å². The summed E-state index contributed by atoms with van der Waals surface area (Å²) in [7, 11) is -1.24. The van der Waals surface area contributed by atoms with Crippen LogP contribution < -0.4 is 5.11 Å². The van der Waals surface area contributed by atoms with Crippen LogP contribution in [0.25, 0.3) is 0 Å². The van der Waals surface area contributed by atoms with Crippen molar-refractivity contribution >= 4 is 7.26 Å². The second-order valence-corrected chi connectivity index (χ2v) is 16.3. The summed E-state index contributed by atoms with van der Waals surface area (Å²) in [4.78, 5) is 0. The fraction of sp³-hybridized carbons (Fsp3) is 0.867. The molecule has 0 saturated heterocycles. The van der Waals surface area contributed by atoms with E-state index >= 15 is 0 Å². The Hall–Kier alpha value is -0.490. The van der Waals surface area contributed by atoms with Gasteiger partial charge in [0.2, 0.25) is 0 Å². The van der Waals surface area contributed by atoms with E-state index in [9.17, 15) is 5.11 Å². The van der Waals surface area contributed by atoms with Crippen molar-refractivity contribution in [3.63, 3.8) is 0 Å². The lowest BCUT2D eigenvalue weighted by molar-refractivity contribution is -0.363. The molecule has 0 aromatic carbocycles. The molecule has 0 spiro atoms. The van der Waals surface area contributed by atoms with Gasteiger partial charge in [0, 0.05) is 13.4 Å². The van der Waals surface area contributed by atoms with Gasteiger partial charge in [-0.3, -0.25) is 0 Å². The standard InChI is InChI=1S/C30H51O2P/c1-2-29(25-15-7-3-8-16-25)32-30(31)23-24-33(26-17-9-4-10-18-26,27-19-11-5-12-20-27)28-21-13-6-14-22-28/h2,23,25-29H,1,3-22,24H2/b30-23+. The molecule has 0 radical (unpaired) electrons. The van der Waals surface area contributed by atoms with Gasteiger partial charge < -0.3 is 9.84 Å². The second kappa shape index (κ2) is 13.0. The van der Waals surface area contributed by atoms with Crippen LogP contribution in [0.1, 0.15) is 128 Å². The van der Waals surface area contributed by atoms with E-state index in [-0.39, 0.29) is 12.0 Å². The lowest BCUT2D eigenvalue weighted by Crippen LogP contribution is -2.37. The fourth-order valence-corrected chi connectivity index (χ4v) is 15.4. The molecule has 0 heterocycles. The van der Waals surface area contributed by atoms with Crippen LogP contribution in [0, 0.1) is 5.92 Å². The zero-order chi connectivity index (χ0) is 22.9. The molecule has 2 nitrogen and oxygen atoms in total. The van der Waals surface area contributed by atoms with Crippen molar-refractivity contribution in [2.24, 2.45) is 5.92 Å². The van der Waals surface area contributed by atoms with Crippen LogP contribution in [0.5, 0.6) is 0 Å². The molecule has 0 amide bonds. The lowest BCUT2D eigenvalue weighted by atomic mass is 9.85. The van der Waals surface area contributed by atoms with Gasteiger partial charge in [0.15, 0.2) is 0 Å². The normalized spacial score (nSPS) is 26.7. The Morgan fingerprint density at radius 1 is 0.697 bits per heavy atom. The van der Waals surface area contributed by atoms with E-state index in [0.717, 1.165) is 23.1 Å². The highest BCUT2D eigenvalue weighted by molar-refractivity contribution is 7.78. The highest BCUT2D eigenvalue weighted by Gasteiger charge is 2.56. The van der Waals surface area contributed by atoms with Crippen molar-refractivity contribution in [1.82, 2.24) is 0 Å². The van der Waals surface area contributed by atoms with Crippen LogP contribution in [0.2, 0.25) is 0 Å². The summed E-state index contributed by atoms with van der Waals surface area (Å²) < 4.78 is 6.10. The topological polar surface area (TPSA) is 32.3 Å². The van der Waals surface area contributed by atoms with Gasteiger partial charge in [-0.1, -0.05) is 44.6 Å². The summed E-state index contributed by atoms with van der Waals surface area (Å²) in [5.74, 6) is 0.459. The van der Waals surface area contributed by atoms with Crippen LogP contribution in [-0.4, -0.2) is 29.2 Å². The Labute approximate surface area is 205 Å². The third-order valence-corrected chi connectivity index (χ3v) is 16.4. The quantitative estimate of drug-likeness (QED) is 0.191. The number of allylic oxidation sites excluding steroid dienone is 1. The molecular formula is C30H51O2P. The monoisotopic (exact) mass is 474 g/mol. The summed E-state index contributed by atoms with van der Waals surface area (Å²) in [5.41, 5.74) is 2.78. The molecule has 0 N–H and O–H groups in total. The molecule has 4 fully saturated rings. The van der Waals surface area contributed by atoms with Crippen LogP contribution in [0.4, 0.5) is 0 Å². The van der Waals surface area contributed by atoms with Crippen molar-refractivity contribution in [1.29, 1.82) is 0 Å². The smallest absolute Gasteiger partial charge is 0.0801 e. The Balaban J connectivity index is 1.56. The molecule has 4 aliphatic rings. The van der Waals surface area contributed by atoms with Gasteiger partial charge in [0.25, 0.3) is 0 Å². The zero-order valence-corrected chi connectivity index (χ0v) is 22.3. The first-order valence-electron chi connectivity index (χ1n) is 14.8. The molecule has 33 heavy (non-hydrogen) atoms. The van der Waals surface area contributed by atoms with E-state index in [1.165, 1.54) is 128 Å². The highest BCUT2D eigenvalue weighted by atomic mass is 31.2. The molecule has 4 rings (SSSR count). The summed E-state index contributed by atoms with van der Waals surface area (Å²) >= 11 is 0. The molecule has 3 heteroatoms. The highest BCUT2D eigenvalue weighted by Crippen LogP contribution is 2.77. The SMILES string of the molecule is C=CC(O/C([O-])=C/C[P+](C1CCCCC1)(C1CCCCC1)C1CCCCC1)C1CCCCC1. The predicted molar refractivity (Wildman–Crippen MR) is 142 cm³/mol. The van der Waals surface area contributed by atoms with E-state index in [2.05, 4.69) is 12.7 Å². The van der Waals surface area contributed by atoms with Gasteiger partial charge in [0.05, 0.1) is 29.1 Å². The first kappa shape index (κ1) is 25.6. The maximum Gasteiger partial charge on any atom is 0.0801 e. The summed E-state index contributed by atoms with van der Waals surface area (Å²) in [6.45, 7) is 4.03. The van der Waals surface area contributed by atoms with Crippen LogP contribution in [0.3, 0.4) is 0 Å². The van der Waals surface area contributed by atoms with Crippen molar-refractivity contribution < 1.29 is 9.84 Å². The number of hydrogen-bond donors (Lipinski definition) is 0. The van der Waals surface area contributed by atoms with Crippen LogP contribution in [-0.2, 0) is 4.74 Å². The van der Waals surface area contributed by atoms with Gasteiger partial charge in [-0.05, 0) is 102 Å². The van der Waals surface area contributed by atoms with Gasteiger partial charge in [-0.2, -0.15) is 0 Å². The van der Waals surface area contributed by atoms with Crippen molar-refractivity contribution in [2.75, 3.05) is 6.16 Å². The maximum absolute atomic E-state index is 13.2. The van der Waals surface area contributed by atoms with Crippen molar-refractivity contribution in [2.45, 2.75) is 151 Å². The Kier molecular flexibility index (Phi) is 10.1. The Morgan fingerprint density at radius 2 is 1.09 bits per heavy atom. The Morgan fingerprint density at radius 3 is 1.48 bits per heavy atom. The number of ether oxygens (including phenoxy) is 1. The summed E-state index contributed by atoms with van der Waals surface area (Å²) in [5, 5.41) is 13.2. The molecule has 4 aliphatic carbocycles. The second-order valence-electron chi connectivity index (χ2n) is 11.8.